The molecule has 0 aliphatic carbocycles. The molecular weight excluding hydrogens is 344 g/mol. The first-order chi connectivity index (χ1) is 12.7. The molecule has 0 aliphatic heterocycles. The number of hydrogen-bond donors (Lipinski definition) is 1. The van der Waals surface area contributed by atoms with E-state index in [0.717, 1.165) is 22.3 Å². The molecule has 142 valence electrons. The highest BCUT2D eigenvalue weighted by Gasteiger charge is 2.15. The first kappa shape index (κ1) is 20.2. The number of rotatable bonds is 6. The normalized spacial score (nSPS) is 10.9. The highest BCUT2D eigenvalue weighted by Crippen LogP contribution is 2.26. The van der Waals surface area contributed by atoms with E-state index in [1.54, 1.807) is 12.1 Å². The van der Waals surface area contributed by atoms with E-state index in [2.05, 4.69) is 0 Å². The van der Waals surface area contributed by atoms with E-state index in [1.807, 2.05) is 33.8 Å². The first-order valence-corrected chi connectivity index (χ1v) is 8.57. The predicted octanol–water partition coefficient (Wildman–Crippen LogP) is 4.07. The number of phenolic OH excluding ortho intramolecular Hbond substituents is 1. The van der Waals surface area contributed by atoms with Crippen LogP contribution < -0.4 is 4.74 Å². The van der Waals surface area contributed by atoms with Gasteiger partial charge in [0.1, 0.15) is 0 Å². The van der Waals surface area contributed by atoms with Crippen LogP contribution in [0.1, 0.15) is 38.2 Å². The second kappa shape index (κ2) is 8.54. The number of esters is 1. The summed E-state index contributed by atoms with van der Waals surface area (Å²) in [5, 5.41) is 9.57. The van der Waals surface area contributed by atoms with Crippen LogP contribution in [-0.2, 0) is 9.53 Å². The maximum Gasteiger partial charge on any atom is 0.331 e. The molecule has 2 aromatic carbocycles. The topological polar surface area (TPSA) is 72.8 Å². The van der Waals surface area contributed by atoms with Gasteiger partial charge >= 0.3 is 5.97 Å². The van der Waals surface area contributed by atoms with Crippen molar-refractivity contribution >= 4 is 17.8 Å². The van der Waals surface area contributed by atoms with E-state index in [0.29, 0.717) is 16.9 Å². The minimum Gasteiger partial charge on any atom is -0.504 e. The van der Waals surface area contributed by atoms with E-state index in [-0.39, 0.29) is 18.1 Å². The molecule has 0 atom stereocenters. The summed E-state index contributed by atoms with van der Waals surface area (Å²) >= 11 is 0. The molecule has 0 bridgehead atoms. The molecule has 0 aliphatic rings. The van der Waals surface area contributed by atoms with Crippen molar-refractivity contribution in [3.63, 3.8) is 0 Å². The van der Waals surface area contributed by atoms with E-state index in [4.69, 9.17) is 9.47 Å². The van der Waals surface area contributed by atoms with Crippen LogP contribution in [0.25, 0.3) is 6.08 Å². The number of aromatic hydroxyl groups is 1. The van der Waals surface area contributed by atoms with E-state index >= 15 is 0 Å². The molecule has 27 heavy (non-hydrogen) atoms. The monoisotopic (exact) mass is 368 g/mol. The van der Waals surface area contributed by atoms with Crippen molar-refractivity contribution in [3.8, 4) is 11.5 Å². The molecule has 5 nitrogen and oxygen atoms in total. The molecule has 0 saturated carbocycles. The van der Waals surface area contributed by atoms with Crippen LogP contribution in [0.3, 0.4) is 0 Å². The summed E-state index contributed by atoms with van der Waals surface area (Å²) in [6.07, 6.45) is 2.76. The summed E-state index contributed by atoms with van der Waals surface area (Å²) in [5.41, 5.74) is 5.42. The molecule has 5 heteroatoms. The Morgan fingerprint density at radius 1 is 1.04 bits per heavy atom. The Balaban J connectivity index is 2.02. The number of methoxy groups -OCH3 is 1. The lowest BCUT2D eigenvalue weighted by atomic mass is 9.93. The van der Waals surface area contributed by atoms with Crippen LogP contribution >= 0.6 is 0 Å². The molecule has 0 heterocycles. The Hall–Kier alpha value is -3.08. The van der Waals surface area contributed by atoms with Gasteiger partial charge in [-0.05, 0) is 79.8 Å². The van der Waals surface area contributed by atoms with Gasteiger partial charge in [-0.2, -0.15) is 0 Å². The molecule has 2 rings (SSSR count). The third-order valence-electron chi connectivity index (χ3n) is 4.74. The minimum atomic E-state index is -0.617. The van der Waals surface area contributed by atoms with E-state index in [1.165, 1.54) is 25.3 Å². The number of Topliss-reactive ketones (excluding diaryl/α,β-unsaturated/α-hetero) is 1. The molecule has 0 spiro atoms. The smallest absolute Gasteiger partial charge is 0.331 e. The highest BCUT2D eigenvalue weighted by atomic mass is 16.5. The predicted molar refractivity (Wildman–Crippen MR) is 104 cm³/mol. The lowest BCUT2D eigenvalue weighted by Gasteiger charge is -2.13. The fourth-order valence-electron chi connectivity index (χ4n) is 2.73. The lowest BCUT2D eigenvalue weighted by molar-refractivity contribution is -0.136. The SMILES string of the molecule is COc1cc(/C=C/C(=O)OCC(=O)c2cc(C)c(C)c(C)c2C)ccc1O. The van der Waals surface area contributed by atoms with Gasteiger partial charge in [0.2, 0.25) is 5.78 Å². The van der Waals surface area contributed by atoms with E-state index in [9.17, 15) is 14.7 Å². The summed E-state index contributed by atoms with van der Waals surface area (Å²) in [4.78, 5) is 24.3. The number of benzene rings is 2. The molecule has 0 saturated heterocycles. The maximum absolute atomic E-state index is 12.4. The average molecular weight is 368 g/mol. The fraction of sp³-hybridized carbons (Fsp3) is 0.273. The van der Waals surface area contributed by atoms with Gasteiger partial charge < -0.3 is 14.6 Å². The van der Waals surface area contributed by atoms with Gasteiger partial charge in [0.15, 0.2) is 18.1 Å². The van der Waals surface area contributed by atoms with Crippen molar-refractivity contribution in [3.05, 3.63) is 63.7 Å². The van der Waals surface area contributed by atoms with Crippen LogP contribution in [0.2, 0.25) is 0 Å². The molecule has 0 aromatic heterocycles. The summed E-state index contributed by atoms with van der Waals surface area (Å²) in [6.45, 7) is 7.54. The van der Waals surface area contributed by atoms with Crippen molar-refractivity contribution in [2.75, 3.05) is 13.7 Å². The Kier molecular flexibility index (Phi) is 6.40. The Morgan fingerprint density at radius 2 is 1.74 bits per heavy atom. The quantitative estimate of drug-likeness (QED) is 0.473. The number of carbonyl (C=O) groups is 2. The van der Waals surface area contributed by atoms with Crippen LogP contribution in [0.4, 0.5) is 0 Å². The maximum atomic E-state index is 12.4. The van der Waals surface area contributed by atoms with Crippen molar-refractivity contribution in [2.45, 2.75) is 27.7 Å². The third kappa shape index (κ3) is 4.76. The van der Waals surface area contributed by atoms with Crippen molar-refractivity contribution in [2.24, 2.45) is 0 Å². The number of hydrogen-bond acceptors (Lipinski definition) is 5. The van der Waals surface area contributed by atoms with Gasteiger partial charge in [-0.25, -0.2) is 4.79 Å². The second-order valence-electron chi connectivity index (χ2n) is 6.41. The Labute approximate surface area is 159 Å². The van der Waals surface area contributed by atoms with Crippen molar-refractivity contribution in [1.82, 2.24) is 0 Å². The molecule has 0 amide bonds. The molecule has 2 aromatic rings. The van der Waals surface area contributed by atoms with Gasteiger partial charge in [0, 0.05) is 11.6 Å². The zero-order chi connectivity index (χ0) is 20.1. The molecule has 0 radical (unpaired) electrons. The highest BCUT2D eigenvalue weighted by molar-refractivity contribution is 6.00. The Bertz CT molecular complexity index is 909. The number of carbonyl (C=O) groups excluding carboxylic acids is 2. The molecule has 1 N–H and O–H groups in total. The summed E-state index contributed by atoms with van der Waals surface area (Å²) < 4.78 is 10.1. The third-order valence-corrected chi connectivity index (χ3v) is 4.74. The average Bonchev–Trinajstić information content (AvgIpc) is 2.66. The number of phenols is 1. The number of aryl methyl sites for hydroxylation is 1. The van der Waals surface area contributed by atoms with Crippen LogP contribution in [-0.4, -0.2) is 30.6 Å². The van der Waals surface area contributed by atoms with Gasteiger partial charge in [-0.15, -0.1) is 0 Å². The number of ketones is 1. The van der Waals surface area contributed by atoms with Crippen LogP contribution in [0, 0.1) is 27.7 Å². The first-order valence-electron chi connectivity index (χ1n) is 8.57. The van der Waals surface area contributed by atoms with Gasteiger partial charge in [-0.3, -0.25) is 4.79 Å². The second-order valence-corrected chi connectivity index (χ2v) is 6.41. The summed E-state index contributed by atoms with van der Waals surface area (Å²) in [5.74, 6) is -0.525. The fourth-order valence-corrected chi connectivity index (χ4v) is 2.73. The van der Waals surface area contributed by atoms with E-state index < -0.39 is 5.97 Å². The zero-order valence-electron chi connectivity index (χ0n) is 16.3. The van der Waals surface area contributed by atoms with Crippen molar-refractivity contribution < 1.29 is 24.2 Å². The summed E-state index contributed by atoms with van der Waals surface area (Å²) in [7, 11) is 1.44. The Morgan fingerprint density at radius 3 is 2.41 bits per heavy atom. The van der Waals surface area contributed by atoms with Crippen LogP contribution in [0.15, 0.2) is 30.3 Å². The standard InChI is InChI=1S/C22H24O5/c1-13-10-18(16(4)15(3)14(13)2)20(24)12-27-22(25)9-7-17-6-8-19(23)21(11-17)26-5/h6-11,23H,12H2,1-5H3/b9-7+. The molecule has 0 fully saturated rings. The molecular formula is C22H24O5. The number of ether oxygens (including phenoxy) is 2. The van der Waals surface area contributed by atoms with Crippen LogP contribution in [0.5, 0.6) is 11.5 Å². The van der Waals surface area contributed by atoms with Gasteiger partial charge in [0.25, 0.3) is 0 Å². The summed E-state index contributed by atoms with van der Waals surface area (Å²) in [6, 6.07) is 6.53. The van der Waals surface area contributed by atoms with Gasteiger partial charge in [-0.1, -0.05) is 6.07 Å². The largest absolute Gasteiger partial charge is 0.504 e. The van der Waals surface area contributed by atoms with Gasteiger partial charge in [0.05, 0.1) is 7.11 Å². The zero-order valence-corrected chi connectivity index (χ0v) is 16.3. The van der Waals surface area contributed by atoms with Crippen molar-refractivity contribution in [1.29, 1.82) is 0 Å². The lowest BCUT2D eigenvalue weighted by Crippen LogP contribution is -2.15. The minimum absolute atomic E-state index is 0.0156. The molecule has 0 unspecified atom stereocenters.